The highest BCUT2D eigenvalue weighted by atomic mass is 19.1. The Morgan fingerprint density at radius 3 is 2.10 bits per heavy atom. The molecule has 256 valence electrons. The van der Waals surface area contributed by atoms with Crippen LogP contribution in [-0.2, 0) is 31.9 Å². The van der Waals surface area contributed by atoms with E-state index in [-0.39, 0.29) is 36.1 Å². The summed E-state index contributed by atoms with van der Waals surface area (Å²) in [6, 6.07) is 16.0. The molecule has 48 heavy (non-hydrogen) atoms. The van der Waals surface area contributed by atoms with Crippen molar-refractivity contribution in [3.05, 3.63) is 107 Å². The normalized spacial score (nSPS) is 16.6. The van der Waals surface area contributed by atoms with Gasteiger partial charge >= 0.3 is 11.9 Å². The molecule has 1 aliphatic rings. The third-order valence-corrected chi connectivity index (χ3v) is 9.38. The minimum atomic E-state index is -0.724. The molecule has 0 spiro atoms. The van der Waals surface area contributed by atoms with Gasteiger partial charge in [0.15, 0.2) is 0 Å². The lowest BCUT2D eigenvalue weighted by molar-refractivity contribution is -0.144. The molecular formula is C41H48F2O5. The molecule has 0 aliphatic heterocycles. The Labute approximate surface area is 283 Å². The van der Waals surface area contributed by atoms with Crippen LogP contribution in [0.15, 0.2) is 78.9 Å². The van der Waals surface area contributed by atoms with E-state index in [9.17, 15) is 14.7 Å². The zero-order chi connectivity index (χ0) is 34.8. The Morgan fingerprint density at radius 2 is 1.50 bits per heavy atom. The summed E-state index contributed by atoms with van der Waals surface area (Å²) in [7, 11) is 0. The van der Waals surface area contributed by atoms with Gasteiger partial charge < -0.3 is 14.6 Å². The van der Waals surface area contributed by atoms with Crippen LogP contribution < -0.4 is 0 Å². The van der Waals surface area contributed by atoms with Crippen molar-refractivity contribution in [3.8, 4) is 22.3 Å². The van der Waals surface area contributed by atoms with Gasteiger partial charge in [0, 0.05) is 22.6 Å². The standard InChI is InChI=1S/C41H48F2O5/c1-6-8-28-9-12-32(13-10-28)33-14-17-36(38(42)21-33)34-15-18-37(39(43)22-34)35-16-11-29(20-31(35)7-2)19-30(24-47-40(45)26(3)4)25-48-41(46)27(5)23-44/h11,14-18,20-22,28,30,32,44H,3,5-10,12-13,19,23-25H2,1-2,4H3. The Balaban J connectivity index is 1.50. The van der Waals surface area contributed by atoms with Gasteiger partial charge in [0.2, 0.25) is 0 Å². The molecular weight excluding hydrogens is 610 g/mol. The minimum Gasteiger partial charge on any atom is -0.462 e. The monoisotopic (exact) mass is 658 g/mol. The first-order valence-electron chi connectivity index (χ1n) is 17.0. The van der Waals surface area contributed by atoms with E-state index in [1.54, 1.807) is 31.2 Å². The quantitative estimate of drug-likeness (QED) is 0.130. The predicted octanol–water partition coefficient (Wildman–Crippen LogP) is 9.30. The highest BCUT2D eigenvalue weighted by Gasteiger charge is 2.23. The molecule has 0 amide bonds. The van der Waals surface area contributed by atoms with Crippen LogP contribution in [0.3, 0.4) is 0 Å². The van der Waals surface area contributed by atoms with Crippen molar-refractivity contribution in [2.24, 2.45) is 11.8 Å². The molecule has 0 bridgehead atoms. The van der Waals surface area contributed by atoms with Gasteiger partial charge in [0.1, 0.15) is 11.6 Å². The molecule has 1 saturated carbocycles. The smallest absolute Gasteiger partial charge is 0.335 e. The molecule has 7 heteroatoms. The van der Waals surface area contributed by atoms with E-state index < -0.39 is 24.4 Å². The van der Waals surface area contributed by atoms with Crippen molar-refractivity contribution in [2.45, 2.75) is 78.1 Å². The lowest BCUT2D eigenvalue weighted by Gasteiger charge is -2.28. The number of aliphatic hydroxyl groups excluding tert-OH is 1. The zero-order valence-corrected chi connectivity index (χ0v) is 28.5. The number of aliphatic hydroxyl groups is 1. The number of ether oxygens (including phenoxy) is 2. The van der Waals surface area contributed by atoms with E-state index in [1.165, 1.54) is 31.7 Å². The third-order valence-electron chi connectivity index (χ3n) is 9.38. The van der Waals surface area contributed by atoms with Gasteiger partial charge in [-0.05, 0) is 97.2 Å². The molecule has 1 atom stereocenters. The van der Waals surface area contributed by atoms with Crippen LogP contribution in [-0.4, -0.2) is 36.9 Å². The number of carbonyl (C=O) groups is 2. The van der Waals surface area contributed by atoms with E-state index in [4.69, 9.17) is 9.47 Å². The van der Waals surface area contributed by atoms with Crippen LogP contribution in [0.1, 0.15) is 81.9 Å². The molecule has 1 N–H and O–H groups in total. The van der Waals surface area contributed by atoms with Crippen molar-refractivity contribution in [1.29, 1.82) is 0 Å². The van der Waals surface area contributed by atoms with E-state index >= 15 is 8.78 Å². The number of benzene rings is 3. The van der Waals surface area contributed by atoms with Gasteiger partial charge in [0.25, 0.3) is 0 Å². The zero-order valence-electron chi connectivity index (χ0n) is 28.5. The van der Waals surface area contributed by atoms with Gasteiger partial charge in [-0.15, -0.1) is 0 Å². The molecule has 0 aromatic heterocycles. The van der Waals surface area contributed by atoms with Crippen molar-refractivity contribution >= 4 is 11.9 Å². The summed E-state index contributed by atoms with van der Waals surface area (Å²) in [6.07, 6.45) is 8.07. The van der Waals surface area contributed by atoms with Crippen LogP contribution in [0.4, 0.5) is 8.78 Å². The van der Waals surface area contributed by atoms with E-state index in [0.717, 1.165) is 41.0 Å². The summed E-state index contributed by atoms with van der Waals surface area (Å²) >= 11 is 0. The molecule has 1 aliphatic carbocycles. The number of carbonyl (C=O) groups excluding carboxylic acids is 2. The number of hydrogen-bond acceptors (Lipinski definition) is 5. The molecule has 3 aromatic rings. The molecule has 0 saturated heterocycles. The molecule has 1 fully saturated rings. The van der Waals surface area contributed by atoms with E-state index in [1.807, 2.05) is 31.2 Å². The van der Waals surface area contributed by atoms with E-state index in [2.05, 4.69) is 20.1 Å². The van der Waals surface area contributed by atoms with Crippen LogP contribution >= 0.6 is 0 Å². The number of hydrogen-bond donors (Lipinski definition) is 1. The molecule has 0 heterocycles. The summed E-state index contributed by atoms with van der Waals surface area (Å²) in [4.78, 5) is 24.1. The van der Waals surface area contributed by atoms with Gasteiger partial charge in [-0.2, -0.15) is 0 Å². The van der Waals surface area contributed by atoms with E-state index in [0.29, 0.717) is 35.4 Å². The number of halogens is 2. The summed E-state index contributed by atoms with van der Waals surface area (Å²) in [5.74, 6) is -1.26. The Morgan fingerprint density at radius 1 is 0.854 bits per heavy atom. The van der Waals surface area contributed by atoms with Crippen LogP contribution in [0.2, 0.25) is 0 Å². The minimum absolute atomic E-state index is 0.0124. The Bertz CT molecular complexity index is 1620. The molecule has 0 radical (unpaired) electrons. The maximum absolute atomic E-state index is 15.7. The van der Waals surface area contributed by atoms with Crippen molar-refractivity contribution in [1.82, 2.24) is 0 Å². The van der Waals surface area contributed by atoms with Crippen LogP contribution in [0.25, 0.3) is 22.3 Å². The van der Waals surface area contributed by atoms with Crippen LogP contribution in [0.5, 0.6) is 0 Å². The second-order valence-electron chi connectivity index (χ2n) is 13.1. The fourth-order valence-corrected chi connectivity index (χ4v) is 6.62. The summed E-state index contributed by atoms with van der Waals surface area (Å²) in [5, 5.41) is 9.18. The molecule has 3 aromatic carbocycles. The van der Waals surface area contributed by atoms with Crippen molar-refractivity contribution in [3.63, 3.8) is 0 Å². The molecule has 4 rings (SSSR count). The molecule has 5 nitrogen and oxygen atoms in total. The topological polar surface area (TPSA) is 72.8 Å². The van der Waals surface area contributed by atoms with Crippen LogP contribution in [0, 0.1) is 23.5 Å². The second-order valence-corrected chi connectivity index (χ2v) is 13.1. The largest absolute Gasteiger partial charge is 0.462 e. The Kier molecular flexibility index (Phi) is 13.3. The number of esters is 2. The predicted molar refractivity (Wildman–Crippen MR) is 186 cm³/mol. The third kappa shape index (κ3) is 9.50. The summed E-state index contributed by atoms with van der Waals surface area (Å²) in [6.45, 7) is 12.3. The first-order valence-corrected chi connectivity index (χ1v) is 17.0. The maximum atomic E-state index is 15.7. The molecule has 1 unspecified atom stereocenters. The Hall–Kier alpha value is -4.10. The highest BCUT2D eigenvalue weighted by Crippen LogP contribution is 2.39. The second kappa shape index (κ2) is 17.3. The highest BCUT2D eigenvalue weighted by molar-refractivity contribution is 5.88. The van der Waals surface area contributed by atoms with Gasteiger partial charge in [-0.3, -0.25) is 0 Å². The van der Waals surface area contributed by atoms with Gasteiger partial charge in [-0.1, -0.05) is 82.3 Å². The number of aryl methyl sites for hydroxylation is 1. The summed E-state index contributed by atoms with van der Waals surface area (Å²) in [5.41, 5.74) is 5.04. The first kappa shape index (κ1) is 36.7. The fraction of sp³-hybridized carbons (Fsp3) is 0.415. The average Bonchev–Trinajstić information content (AvgIpc) is 3.09. The van der Waals surface area contributed by atoms with Gasteiger partial charge in [-0.25, -0.2) is 18.4 Å². The SMILES string of the molecule is C=C(C)C(=O)OCC(COC(=O)C(=C)CO)Cc1ccc(-c2ccc(-c3ccc(C4CCC(CCC)CC4)cc3F)cc2F)c(CC)c1. The fourth-order valence-electron chi connectivity index (χ4n) is 6.62. The maximum Gasteiger partial charge on any atom is 0.335 e. The van der Waals surface area contributed by atoms with Crippen molar-refractivity contribution in [2.75, 3.05) is 19.8 Å². The average molecular weight is 659 g/mol. The van der Waals surface area contributed by atoms with Crippen molar-refractivity contribution < 1.29 is 33.0 Å². The lowest BCUT2D eigenvalue weighted by atomic mass is 9.77. The van der Waals surface area contributed by atoms with Gasteiger partial charge in [0.05, 0.1) is 25.4 Å². The summed E-state index contributed by atoms with van der Waals surface area (Å²) < 4.78 is 41.8. The lowest BCUT2D eigenvalue weighted by Crippen LogP contribution is -2.24. The first-order chi connectivity index (χ1) is 23.0. The number of rotatable bonds is 15.